The van der Waals surface area contributed by atoms with Gasteiger partial charge in [-0.3, -0.25) is 9.59 Å². The second-order valence-corrected chi connectivity index (χ2v) is 6.11. The van der Waals surface area contributed by atoms with E-state index in [1.54, 1.807) is 30.5 Å². The predicted molar refractivity (Wildman–Crippen MR) is 103 cm³/mol. The van der Waals surface area contributed by atoms with Crippen molar-refractivity contribution in [1.29, 1.82) is 0 Å². The first-order valence-electron chi connectivity index (χ1n) is 8.86. The van der Waals surface area contributed by atoms with Gasteiger partial charge in [0.2, 0.25) is 5.91 Å². The fraction of sp³-hybridized carbons (Fsp3) is 0.190. The number of hydrogen-bond donors (Lipinski definition) is 2. The van der Waals surface area contributed by atoms with E-state index in [-0.39, 0.29) is 18.4 Å². The van der Waals surface area contributed by atoms with Crippen LogP contribution in [0, 0.1) is 0 Å². The Morgan fingerprint density at radius 2 is 1.63 bits per heavy atom. The van der Waals surface area contributed by atoms with Gasteiger partial charge in [-0.15, -0.1) is 0 Å². The van der Waals surface area contributed by atoms with Crippen molar-refractivity contribution in [1.82, 2.24) is 20.2 Å². The summed E-state index contributed by atoms with van der Waals surface area (Å²) in [5, 5.41) is 5.43. The zero-order valence-electron chi connectivity index (χ0n) is 15.0. The smallest absolute Gasteiger partial charge is 0.251 e. The molecular weight excluding hydrogens is 340 g/mol. The summed E-state index contributed by atoms with van der Waals surface area (Å²) in [6.45, 7) is 1.16. The maximum Gasteiger partial charge on any atom is 0.251 e. The standard InChI is InChI=1S/C21H22N4O2/c26-20(15-24-21(27)18-9-5-2-6-10-18)23-12-11-19-22-13-14-25(19)16-17-7-3-1-4-8-17/h1-10,13-14H,11-12,15-16H2,(H,23,26)(H,24,27). The zero-order valence-corrected chi connectivity index (χ0v) is 15.0. The van der Waals surface area contributed by atoms with Gasteiger partial charge in [0.05, 0.1) is 6.54 Å². The number of amides is 2. The first-order chi connectivity index (χ1) is 13.2. The molecule has 0 atom stereocenters. The van der Waals surface area contributed by atoms with E-state index in [9.17, 15) is 9.59 Å². The van der Waals surface area contributed by atoms with Crippen molar-refractivity contribution in [3.63, 3.8) is 0 Å². The van der Waals surface area contributed by atoms with Crippen LogP contribution < -0.4 is 10.6 Å². The summed E-state index contributed by atoms with van der Waals surface area (Å²) in [6.07, 6.45) is 4.32. The number of imidazole rings is 1. The number of carbonyl (C=O) groups is 2. The molecule has 2 amide bonds. The third-order valence-electron chi connectivity index (χ3n) is 4.11. The molecule has 0 saturated heterocycles. The van der Waals surface area contributed by atoms with E-state index in [4.69, 9.17) is 0 Å². The van der Waals surface area contributed by atoms with Gasteiger partial charge >= 0.3 is 0 Å². The zero-order chi connectivity index (χ0) is 18.9. The van der Waals surface area contributed by atoms with Crippen LogP contribution in [0.25, 0.3) is 0 Å². The Bertz CT molecular complexity index is 875. The van der Waals surface area contributed by atoms with Gasteiger partial charge in [-0.1, -0.05) is 48.5 Å². The predicted octanol–water partition coefficient (Wildman–Crippen LogP) is 2.02. The number of benzene rings is 2. The van der Waals surface area contributed by atoms with Crippen LogP contribution >= 0.6 is 0 Å². The van der Waals surface area contributed by atoms with Gasteiger partial charge in [-0.25, -0.2) is 4.98 Å². The average molecular weight is 362 g/mol. The van der Waals surface area contributed by atoms with Gasteiger partial charge in [0.25, 0.3) is 5.91 Å². The Balaban J connectivity index is 1.42. The molecule has 1 aromatic heterocycles. The molecule has 0 unspecified atom stereocenters. The Morgan fingerprint density at radius 1 is 0.926 bits per heavy atom. The molecule has 6 nitrogen and oxygen atoms in total. The van der Waals surface area contributed by atoms with E-state index < -0.39 is 0 Å². The molecule has 0 aliphatic heterocycles. The molecule has 138 valence electrons. The van der Waals surface area contributed by atoms with Crippen molar-refractivity contribution >= 4 is 11.8 Å². The minimum absolute atomic E-state index is 0.0494. The number of nitrogens with one attached hydrogen (secondary N) is 2. The van der Waals surface area contributed by atoms with E-state index in [1.165, 1.54) is 5.56 Å². The molecular formula is C21H22N4O2. The summed E-state index contributed by atoms with van der Waals surface area (Å²) >= 11 is 0. The van der Waals surface area contributed by atoms with Crippen LogP contribution in [-0.4, -0.2) is 34.5 Å². The maximum absolute atomic E-state index is 11.9. The number of nitrogens with zero attached hydrogens (tertiary/aromatic N) is 2. The first kappa shape index (κ1) is 18.4. The molecule has 0 aliphatic rings. The highest BCUT2D eigenvalue weighted by Gasteiger charge is 2.08. The van der Waals surface area contributed by atoms with E-state index in [0.717, 1.165) is 12.4 Å². The molecule has 3 rings (SSSR count). The summed E-state index contributed by atoms with van der Waals surface area (Å²) in [7, 11) is 0. The molecule has 2 aromatic carbocycles. The molecule has 0 aliphatic carbocycles. The Hall–Kier alpha value is -3.41. The molecule has 0 spiro atoms. The molecule has 27 heavy (non-hydrogen) atoms. The minimum atomic E-state index is -0.260. The molecule has 0 radical (unpaired) electrons. The van der Waals surface area contributed by atoms with Crippen molar-refractivity contribution in [2.24, 2.45) is 0 Å². The van der Waals surface area contributed by atoms with Crippen molar-refractivity contribution in [3.8, 4) is 0 Å². The Labute approximate surface area is 158 Å². The van der Waals surface area contributed by atoms with Crippen LogP contribution in [0.1, 0.15) is 21.7 Å². The molecule has 0 fully saturated rings. The number of hydrogen-bond acceptors (Lipinski definition) is 3. The SMILES string of the molecule is O=C(CNC(=O)c1ccccc1)NCCc1nccn1Cc1ccccc1. The highest BCUT2D eigenvalue weighted by atomic mass is 16.2. The molecule has 6 heteroatoms. The summed E-state index contributed by atoms with van der Waals surface area (Å²) in [5.74, 6) is 0.428. The molecule has 3 aromatic rings. The van der Waals surface area contributed by atoms with Gasteiger partial charge in [0, 0.05) is 37.5 Å². The van der Waals surface area contributed by atoms with Gasteiger partial charge in [-0.2, -0.15) is 0 Å². The van der Waals surface area contributed by atoms with Gasteiger partial charge < -0.3 is 15.2 Å². The molecule has 1 heterocycles. The van der Waals surface area contributed by atoms with Crippen LogP contribution in [0.3, 0.4) is 0 Å². The van der Waals surface area contributed by atoms with Crippen molar-refractivity contribution in [2.75, 3.05) is 13.1 Å². The summed E-state index contributed by atoms with van der Waals surface area (Å²) in [5.41, 5.74) is 1.73. The summed E-state index contributed by atoms with van der Waals surface area (Å²) in [6, 6.07) is 19.0. The highest BCUT2D eigenvalue weighted by molar-refractivity contribution is 5.96. The van der Waals surface area contributed by atoms with Gasteiger partial charge in [0.1, 0.15) is 5.82 Å². The van der Waals surface area contributed by atoms with Crippen LogP contribution in [0.15, 0.2) is 73.1 Å². The highest BCUT2D eigenvalue weighted by Crippen LogP contribution is 2.05. The first-order valence-corrected chi connectivity index (χ1v) is 8.86. The quantitative estimate of drug-likeness (QED) is 0.644. The van der Waals surface area contributed by atoms with Gasteiger partial charge in [0.15, 0.2) is 0 Å². The largest absolute Gasteiger partial charge is 0.354 e. The van der Waals surface area contributed by atoms with Crippen molar-refractivity contribution in [3.05, 3.63) is 90.0 Å². The van der Waals surface area contributed by atoms with E-state index in [0.29, 0.717) is 18.5 Å². The topological polar surface area (TPSA) is 76.0 Å². The normalized spacial score (nSPS) is 10.4. The van der Waals surface area contributed by atoms with Gasteiger partial charge in [-0.05, 0) is 17.7 Å². The fourth-order valence-corrected chi connectivity index (χ4v) is 2.72. The summed E-state index contributed by atoms with van der Waals surface area (Å²) < 4.78 is 2.07. The molecule has 2 N–H and O–H groups in total. The van der Waals surface area contributed by atoms with E-state index in [1.807, 2.05) is 30.5 Å². The maximum atomic E-state index is 11.9. The van der Waals surface area contributed by atoms with Crippen molar-refractivity contribution < 1.29 is 9.59 Å². The lowest BCUT2D eigenvalue weighted by Gasteiger charge is -2.09. The second kappa shape index (κ2) is 9.33. The third kappa shape index (κ3) is 5.54. The number of carbonyl (C=O) groups excluding carboxylic acids is 2. The average Bonchev–Trinajstić information content (AvgIpc) is 3.14. The van der Waals surface area contributed by atoms with Crippen LogP contribution in [0.2, 0.25) is 0 Å². The summed E-state index contributed by atoms with van der Waals surface area (Å²) in [4.78, 5) is 28.2. The monoisotopic (exact) mass is 362 g/mol. The fourth-order valence-electron chi connectivity index (χ4n) is 2.72. The Morgan fingerprint density at radius 3 is 2.37 bits per heavy atom. The van der Waals surface area contributed by atoms with Crippen LogP contribution in [-0.2, 0) is 17.8 Å². The number of rotatable bonds is 8. The third-order valence-corrected chi connectivity index (χ3v) is 4.11. The second-order valence-electron chi connectivity index (χ2n) is 6.11. The lowest BCUT2D eigenvalue weighted by Crippen LogP contribution is -2.37. The lowest BCUT2D eigenvalue weighted by molar-refractivity contribution is -0.120. The molecule has 0 bridgehead atoms. The van der Waals surface area contributed by atoms with E-state index >= 15 is 0 Å². The minimum Gasteiger partial charge on any atom is -0.354 e. The number of aromatic nitrogens is 2. The Kier molecular flexibility index (Phi) is 6.35. The molecule has 0 saturated carbocycles. The van der Waals surface area contributed by atoms with Crippen LogP contribution in [0.4, 0.5) is 0 Å². The van der Waals surface area contributed by atoms with E-state index in [2.05, 4.69) is 32.3 Å². The van der Waals surface area contributed by atoms with Crippen LogP contribution in [0.5, 0.6) is 0 Å². The van der Waals surface area contributed by atoms with Crippen molar-refractivity contribution in [2.45, 2.75) is 13.0 Å². The lowest BCUT2D eigenvalue weighted by atomic mass is 10.2.